The first-order valence-corrected chi connectivity index (χ1v) is 47.6. The number of aromatic nitrogens is 2. The number of fused-ring (bicyclic) bond motifs is 3. The number of rotatable bonds is 45. The number of thiophene rings is 8. The van der Waals surface area contributed by atoms with E-state index >= 15 is 8.78 Å². The Balaban J connectivity index is 0.913. The predicted octanol–water partition coefficient (Wildman–Crippen LogP) is 33.8. The Labute approximate surface area is 674 Å². The summed E-state index contributed by atoms with van der Waals surface area (Å²) in [5, 5.41) is 11.4. The molecule has 0 N–H and O–H groups in total. The van der Waals surface area contributed by atoms with Crippen molar-refractivity contribution in [1.82, 2.24) is 9.97 Å². The lowest BCUT2D eigenvalue weighted by Crippen LogP contribution is -2.04. The number of halogens is 2. The van der Waals surface area contributed by atoms with E-state index in [1.807, 2.05) is 140 Å². The van der Waals surface area contributed by atoms with Crippen molar-refractivity contribution in [3.8, 4) is 106 Å². The number of hydrogen-bond donors (Lipinski definition) is 0. The fourth-order valence-electron chi connectivity index (χ4n) is 15.5. The van der Waals surface area contributed by atoms with E-state index in [1.54, 1.807) is 0 Å². The van der Waals surface area contributed by atoms with Gasteiger partial charge in [0.05, 0.1) is 35.7 Å². The first kappa shape index (κ1) is 79.9. The molecule has 108 heavy (non-hydrogen) atoms. The van der Waals surface area contributed by atoms with Gasteiger partial charge >= 0.3 is 0 Å². The van der Waals surface area contributed by atoms with E-state index in [2.05, 4.69) is 112 Å². The second kappa shape index (κ2) is 40.3. The van der Waals surface area contributed by atoms with Crippen LogP contribution in [0.1, 0.15) is 231 Å². The Morgan fingerprint density at radius 2 is 0.796 bits per heavy atom. The normalized spacial score (nSPS) is 12.4. The van der Waals surface area contributed by atoms with E-state index in [4.69, 9.17) is 19.4 Å². The van der Waals surface area contributed by atoms with Crippen LogP contribution in [0, 0.1) is 23.5 Å². The van der Waals surface area contributed by atoms with Crippen LogP contribution in [0.3, 0.4) is 0 Å². The topological polar surface area (TPSA) is 44.2 Å². The quantitative estimate of drug-likeness (QED) is 0.0357. The summed E-state index contributed by atoms with van der Waals surface area (Å²) in [5.41, 5.74) is 8.41. The molecule has 0 radical (unpaired) electrons. The van der Waals surface area contributed by atoms with Gasteiger partial charge in [0, 0.05) is 91.2 Å². The third kappa shape index (κ3) is 19.8. The minimum absolute atomic E-state index is 0.103. The predicted molar refractivity (Wildman–Crippen MR) is 475 cm³/mol. The molecular formula is C94H108F2N2O2S8. The minimum Gasteiger partial charge on any atom is -0.494 e. The summed E-state index contributed by atoms with van der Waals surface area (Å²) in [4.78, 5) is 22.6. The van der Waals surface area contributed by atoms with Gasteiger partial charge in [-0.1, -0.05) is 239 Å². The van der Waals surface area contributed by atoms with Crippen molar-refractivity contribution in [3.63, 3.8) is 0 Å². The van der Waals surface area contributed by atoms with Crippen LogP contribution in [0.2, 0.25) is 0 Å². The van der Waals surface area contributed by atoms with Crippen molar-refractivity contribution in [1.29, 1.82) is 0 Å². The Bertz CT molecular complexity index is 4800. The van der Waals surface area contributed by atoms with Gasteiger partial charge in [0.2, 0.25) is 0 Å². The van der Waals surface area contributed by atoms with Crippen LogP contribution < -0.4 is 9.47 Å². The van der Waals surface area contributed by atoms with Crippen LogP contribution >= 0.6 is 90.7 Å². The molecule has 9 heterocycles. The van der Waals surface area contributed by atoms with Gasteiger partial charge < -0.3 is 9.47 Å². The number of unbranched alkanes of at least 4 members (excludes halogenated alkanes) is 18. The first-order chi connectivity index (χ1) is 53.1. The Kier molecular flexibility index (Phi) is 29.8. The van der Waals surface area contributed by atoms with Gasteiger partial charge in [-0.15, -0.1) is 90.7 Å². The van der Waals surface area contributed by atoms with Gasteiger partial charge in [-0.05, 0) is 161 Å². The van der Waals surface area contributed by atoms with Crippen molar-refractivity contribution < 1.29 is 18.3 Å². The van der Waals surface area contributed by atoms with Crippen molar-refractivity contribution in [2.24, 2.45) is 11.8 Å². The molecule has 13 rings (SSSR count). The molecule has 0 bridgehead atoms. The molecule has 0 aliphatic carbocycles. The van der Waals surface area contributed by atoms with Crippen LogP contribution in [0.25, 0.3) is 126 Å². The number of hydrogen-bond acceptors (Lipinski definition) is 12. The van der Waals surface area contributed by atoms with Crippen molar-refractivity contribution in [2.75, 3.05) is 13.2 Å². The molecule has 13 aromatic rings. The number of nitrogens with zero attached hydrogens (tertiary/aromatic N) is 2. The highest BCUT2D eigenvalue weighted by molar-refractivity contribution is 7.28. The van der Waals surface area contributed by atoms with Crippen molar-refractivity contribution >= 4 is 122 Å². The van der Waals surface area contributed by atoms with Crippen LogP contribution in [-0.2, 0) is 12.8 Å². The maximum absolute atomic E-state index is 18.2. The average molecular weight is 1590 g/mol. The van der Waals surface area contributed by atoms with E-state index < -0.39 is 11.6 Å². The average Bonchev–Trinajstić information content (AvgIpc) is 1.43. The highest BCUT2D eigenvalue weighted by atomic mass is 32.1. The molecule has 0 saturated heterocycles. The molecule has 0 saturated carbocycles. The standard InChI is InChI=1S/C94H108F2N2O2S8/c1-7-13-19-23-25-29-50-99-69-40-31-38-65(56-69)89-90(66-39-32-41-70(57-66)100-51-30-26-24-20-14-8-2)98-92-86(88(96)87(95)85(91(92)97-89)78-42-33-52-101-78)79-48-47-77(107-79)82-60-74-84(68-59-81(104-62-68)76-46-44-72(106-76)55-64(35-18-12-6)37-28-22-16-10-4)93-73(49-53-102-93)83(94(74)108-82)67-58-80(103-61-67)75-45-43-71(105-75)54-63(34-17-11-5)36-27-21-15-9-3/h31-33,38-49,52-53,56-64H,7-30,34-37,50-51,54-55H2,1-6H3. The molecule has 2 unspecified atom stereocenters. The molecule has 4 nitrogen and oxygen atoms in total. The monoisotopic (exact) mass is 1590 g/mol. The summed E-state index contributed by atoms with van der Waals surface area (Å²) in [6.45, 7) is 15.0. The van der Waals surface area contributed by atoms with Crippen LogP contribution in [0.15, 0.2) is 143 Å². The van der Waals surface area contributed by atoms with Gasteiger partial charge in [0.1, 0.15) is 22.5 Å². The summed E-state index contributed by atoms with van der Waals surface area (Å²) in [5.74, 6) is 1.03. The molecule has 0 fully saturated rings. The second-order valence-corrected chi connectivity index (χ2v) is 37.9. The Morgan fingerprint density at radius 3 is 1.31 bits per heavy atom. The summed E-state index contributed by atoms with van der Waals surface area (Å²) in [6, 6.07) is 43.1. The zero-order chi connectivity index (χ0) is 74.6. The highest BCUT2D eigenvalue weighted by Crippen LogP contribution is 2.55. The lowest BCUT2D eigenvalue weighted by molar-refractivity contribution is 0.304. The molecule has 4 aromatic carbocycles. The molecule has 2 atom stereocenters. The Hall–Kier alpha value is -6.20. The summed E-state index contributed by atoms with van der Waals surface area (Å²) in [6.07, 6.45) is 37.1. The van der Waals surface area contributed by atoms with Gasteiger partial charge in [-0.2, -0.15) is 0 Å². The SMILES string of the molecule is CCCCCCCCOc1cccc(-c2nc3c(-c4cccs4)c(F)c(F)c(-c4ccc(-c5cc6c(-c7csc(-c8ccc(CC(CCCC)CCCCCC)s8)c7)c7sccc7c(-c7csc(-c8ccc(CC(CCCC)CCCCCC)s8)c7)c6s5)s4)c3nc2-c2cccc(OCCCCCCCC)c2)c1. The van der Waals surface area contributed by atoms with Crippen molar-refractivity contribution in [2.45, 2.75) is 234 Å². The molecule has 0 aliphatic heterocycles. The molecular weight excluding hydrogens is 1480 g/mol. The van der Waals surface area contributed by atoms with Crippen LogP contribution in [-0.4, -0.2) is 23.2 Å². The minimum atomic E-state index is -0.941. The third-order valence-corrected chi connectivity index (χ3v) is 30.2. The van der Waals surface area contributed by atoms with Gasteiger partial charge in [0.15, 0.2) is 11.6 Å². The summed E-state index contributed by atoms with van der Waals surface area (Å²) < 4.78 is 51.5. The van der Waals surface area contributed by atoms with E-state index in [0.717, 1.165) is 82.7 Å². The molecule has 568 valence electrons. The largest absolute Gasteiger partial charge is 0.494 e. The van der Waals surface area contributed by atoms with Crippen molar-refractivity contribution in [3.05, 3.63) is 164 Å². The zero-order valence-electron chi connectivity index (χ0n) is 64.4. The highest BCUT2D eigenvalue weighted by Gasteiger charge is 2.30. The van der Waals surface area contributed by atoms with Gasteiger partial charge in [0.25, 0.3) is 0 Å². The molecule has 0 amide bonds. The maximum Gasteiger partial charge on any atom is 0.170 e. The fraction of sp³-hybridized carbons (Fsp3) is 0.426. The maximum atomic E-state index is 18.2. The van der Waals surface area contributed by atoms with E-state index in [0.29, 0.717) is 45.4 Å². The lowest BCUT2D eigenvalue weighted by Gasteiger charge is -2.17. The number of ether oxygens (including phenoxy) is 2. The number of benzene rings is 4. The van der Waals surface area contributed by atoms with E-state index in [1.165, 1.54) is 248 Å². The molecule has 0 spiro atoms. The van der Waals surface area contributed by atoms with E-state index in [-0.39, 0.29) is 11.1 Å². The van der Waals surface area contributed by atoms with E-state index in [9.17, 15) is 0 Å². The van der Waals surface area contributed by atoms with Crippen LogP contribution in [0.4, 0.5) is 8.78 Å². The smallest absolute Gasteiger partial charge is 0.170 e. The zero-order valence-corrected chi connectivity index (χ0v) is 70.9. The van der Waals surface area contributed by atoms with Crippen LogP contribution in [0.5, 0.6) is 11.5 Å². The lowest BCUT2D eigenvalue weighted by atomic mass is 9.92. The van der Waals surface area contributed by atoms with Gasteiger partial charge in [-0.3, -0.25) is 0 Å². The third-order valence-electron chi connectivity index (χ3n) is 21.4. The first-order valence-electron chi connectivity index (χ1n) is 40.8. The van der Waals surface area contributed by atoms with Gasteiger partial charge in [-0.25, -0.2) is 18.7 Å². The molecule has 9 aromatic heterocycles. The summed E-state index contributed by atoms with van der Waals surface area (Å²) in [7, 11) is 0. The second-order valence-electron chi connectivity index (χ2n) is 29.7. The fourth-order valence-corrected chi connectivity index (χ4v) is 23.9. The molecule has 0 aliphatic rings. The molecule has 14 heteroatoms. The Morgan fingerprint density at radius 1 is 0.333 bits per heavy atom. The summed E-state index contributed by atoms with van der Waals surface area (Å²) >= 11 is 14.2.